The Morgan fingerprint density at radius 1 is 1.44 bits per heavy atom. The molecule has 0 saturated heterocycles. The van der Waals surface area contributed by atoms with Crippen molar-refractivity contribution in [2.24, 2.45) is 0 Å². The molecule has 0 saturated carbocycles. The predicted molar refractivity (Wildman–Crippen MR) is 58.5 cm³/mol. The summed E-state index contributed by atoms with van der Waals surface area (Å²) < 4.78 is 4.83. The summed E-state index contributed by atoms with van der Waals surface area (Å²) in [7, 11) is 1.43. The van der Waals surface area contributed by atoms with Crippen molar-refractivity contribution in [3.05, 3.63) is 29.8 Å². The Kier molecular flexibility index (Phi) is 4.02. The van der Waals surface area contributed by atoms with Gasteiger partial charge in [-0.25, -0.2) is 4.79 Å². The first-order valence-corrected chi connectivity index (χ1v) is 4.71. The summed E-state index contributed by atoms with van der Waals surface area (Å²) in [5.41, 5.74) is 0.566. The number of carboxylic acid groups (broad SMARTS) is 1. The van der Waals surface area contributed by atoms with Crippen LogP contribution in [0.1, 0.15) is 17.3 Å². The number of carboxylic acids is 1. The number of carbonyl (C=O) groups is 2. The molecule has 2 N–H and O–H groups in total. The monoisotopic (exact) mass is 223 g/mol. The standard InChI is InChI=1S/C11H13NO4/c1-7(16-2)10(13)12-9-5-3-4-8(6-9)11(14)15/h3-7H,1-2H3,(H,12,13)(H,14,15). The average Bonchev–Trinajstić information content (AvgIpc) is 2.28. The molecule has 0 spiro atoms. The smallest absolute Gasteiger partial charge is 0.335 e. The van der Waals surface area contributed by atoms with Crippen molar-refractivity contribution < 1.29 is 19.4 Å². The average molecular weight is 223 g/mol. The molecule has 1 amide bonds. The largest absolute Gasteiger partial charge is 0.478 e. The van der Waals surface area contributed by atoms with Gasteiger partial charge >= 0.3 is 5.97 Å². The van der Waals surface area contributed by atoms with E-state index in [4.69, 9.17) is 9.84 Å². The Bertz CT molecular complexity index is 403. The summed E-state index contributed by atoms with van der Waals surface area (Å²) in [6, 6.07) is 6.03. The molecule has 0 heterocycles. The third-order valence-corrected chi connectivity index (χ3v) is 2.10. The maximum atomic E-state index is 11.4. The number of anilines is 1. The van der Waals surface area contributed by atoms with Crippen molar-refractivity contribution >= 4 is 17.6 Å². The van der Waals surface area contributed by atoms with Gasteiger partial charge in [0.2, 0.25) is 0 Å². The zero-order chi connectivity index (χ0) is 12.1. The number of hydrogen-bond donors (Lipinski definition) is 2. The number of ether oxygens (including phenoxy) is 1. The van der Waals surface area contributed by atoms with Gasteiger partial charge in [0.1, 0.15) is 6.10 Å². The Morgan fingerprint density at radius 2 is 2.12 bits per heavy atom. The van der Waals surface area contributed by atoms with Crippen LogP contribution in [0.25, 0.3) is 0 Å². The molecule has 5 nitrogen and oxygen atoms in total. The van der Waals surface area contributed by atoms with E-state index in [1.807, 2.05) is 0 Å². The maximum absolute atomic E-state index is 11.4. The lowest BCUT2D eigenvalue weighted by molar-refractivity contribution is -0.124. The lowest BCUT2D eigenvalue weighted by Gasteiger charge is -2.10. The Labute approximate surface area is 93.0 Å². The Hall–Kier alpha value is -1.88. The highest BCUT2D eigenvalue weighted by Gasteiger charge is 2.12. The zero-order valence-electron chi connectivity index (χ0n) is 9.06. The van der Waals surface area contributed by atoms with Gasteiger partial charge in [-0.05, 0) is 25.1 Å². The van der Waals surface area contributed by atoms with Crippen LogP contribution in [0.3, 0.4) is 0 Å². The Morgan fingerprint density at radius 3 is 2.69 bits per heavy atom. The summed E-state index contributed by atoms with van der Waals surface area (Å²) in [6.45, 7) is 1.61. The zero-order valence-corrected chi connectivity index (χ0v) is 9.06. The summed E-state index contributed by atoms with van der Waals surface area (Å²) in [6.07, 6.45) is -0.575. The summed E-state index contributed by atoms with van der Waals surface area (Å²) in [4.78, 5) is 22.1. The molecule has 0 bridgehead atoms. The topological polar surface area (TPSA) is 75.6 Å². The lowest BCUT2D eigenvalue weighted by Crippen LogP contribution is -2.26. The van der Waals surface area contributed by atoms with E-state index >= 15 is 0 Å². The molecule has 1 atom stereocenters. The van der Waals surface area contributed by atoms with Crippen LogP contribution in [-0.2, 0) is 9.53 Å². The molecular weight excluding hydrogens is 210 g/mol. The third-order valence-electron chi connectivity index (χ3n) is 2.10. The SMILES string of the molecule is COC(C)C(=O)Nc1cccc(C(=O)O)c1. The summed E-state index contributed by atoms with van der Waals surface area (Å²) >= 11 is 0. The van der Waals surface area contributed by atoms with Gasteiger partial charge in [0, 0.05) is 12.8 Å². The normalized spacial score (nSPS) is 11.9. The molecular formula is C11H13NO4. The van der Waals surface area contributed by atoms with E-state index < -0.39 is 12.1 Å². The first kappa shape index (κ1) is 12.2. The highest BCUT2D eigenvalue weighted by atomic mass is 16.5. The molecule has 1 unspecified atom stereocenters. The predicted octanol–water partition coefficient (Wildman–Crippen LogP) is 1.36. The van der Waals surface area contributed by atoms with Crippen LogP contribution >= 0.6 is 0 Å². The first-order chi connectivity index (χ1) is 7.54. The number of amides is 1. The van der Waals surface area contributed by atoms with Gasteiger partial charge in [-0.1, -0.05) is 6.07 Å². The van der Waals surface area contributed by atoms with Crippen LogP contribution in [0, 0.1) is 0 Å². The van der Waals surface area contributed by atoms with E-state index in [-0.39, 0.29) is 11.5 Å². The second-order valence-electron chi connectivity index (χ2n) is 3.25. The number of benzene rings is 1. The van der Waals surface area contributed by atoms with Gasteiger partial charge in [0.05, 0.1) is 5.56 Å². The number of methoxy groups -OCH3 is 1. The van der Waals surface area contributed by atoms with Crippen molar-refractivity contribution in [2.45, 2.75) is 13.0 Å². The van der Waals surface area contributed by atoms with Crippen LogP contribution in [0.2, 0.25) is 0 Å². The summed E-state index contributed by atoms with van der Waals surface area (Å²) in [5.74, 6) is -1.35. The maximum Gasteiger partial charge on any atom is 0.335 e. The second kappa shape index (κ2) is 5.27. The molecule has 16 heavy (non-hydrogen) atoms. The van der Waals surface area contributed by atoms with Crippen LogP contribution in [0.5, 0.6) is 0 Å². The highest BCUT2D eigenvalue weighted by Crippen LogP contribution is 2.11. The van der Waals surface area contributed by atoms with E-state index in [0.29, 0.717) is 5.69 Å². The quantitative estimate of drug-likeness (QED) is 0.808. The van der Waals surface area contributed by atoms with Gasteiger partial charge in [0.15, 0.2) is 0 Å². The summed E-state index contributed by atoms with van der Waals surface area (Å²) in [5, 5.41) is 11.3. The van der Waals surface area contributed by atoms with Crippen molar-refractivity contribution in [1.29, 1.82) is 0 Å². The molecule has 86 valence electrons. The molecule has 0 aromatic heterocycles. The van der Waals surface area contributed by atoms with Gasteiger partial charge < -0.3 is 15.2 Å². The number of hydrogen-bond acceptors (Lipinski definition) is 3. The molecule has 1 aromatic carbocycles. The minimum Gasteiger partial charge on any atom is -0.478 e. The van der Waals surface area contributed by atoms with Crippen LogP contribution in [0.4, 0.5) is 5.69 Å². The van der Waals surface area contributed by atoms with Crippen molar-refractivity contribution in [3.63, 3.8) is 0 Å². The van der Waals surface area contributed by atoms with Crippen molar-refractivity contribution in [2.75, 3.05) is 12.4 Å². The number of carbonyl (C=O) groups excluding carboxylic acids is 1. The third kappa shape index (κ3) is 3.06. The van der Waals surface area contributed by atoms with Crippen molar-refractivity contribution in [3.8, 4) is 0 Å². The molecule has 0 aliphatic rings. The van der Waals surface area contributed by atoms with Gasteiger partial charge in [-0.2, -0.15) is 0 Å². The Balaban J connectivity index is 2.78. The van der Waals surface area contributed by atoms with Crippen molar-refractivity contribution in [1.82, 2.24) is 0 Å². The van der Waals surface area contributed by atoms with E-state index in [2.05, 4.69) is 5.32 Å². The van der Waals surface area contributed by atoms with Gasteiger partial charge in [-0.3, -0.25) is 4.79 Å². The van der Waals surface area contributed by atoms with E-state index in [1.165, 1.54) is 19.2 Å². The lowest BCUT2D eigenvalue weighted by atomic mass is 10.2. The molecule has 1 rings (SSSR count). The minimum absolute atomic E-state index is 0.128. The molecule has 0 fully saturated rings. The fourth-order valence-corrected chi connectivity index (χ4v) is 1.08. The number of aromatic carboxylic acids is 1. The molecule has 1 aromatic rings. The highest BCUT2D eigenvalue weighted by molar-refractivity contribution is 5.95. The molecule has 0 radical (unpaired) electrons. The van der Waals surface area contributed by atoms with E-state index in [1.54, 1.807) is 19.1 Å². The number of nitrogens with one attached hydrogen (secondary N) is 1. The van der Waals surface area contributed by atoms with Gasteiger partial charge in [0.25, 0.3) is 5.91 Å². The minimum atomic E-state index is -1.03. The second-order valence-corrected chi connectivity index (χ2v) is 3.25. The van der Waals surface area contributed by atoms with Crippen LogP contribution in [-0.4, -0.2) is 30.2 Å². The molecule has 0 aliphatic heterocycles. The van der Waals surface area contributed by atoms with Crippen LogP contribution < -0.4 is 5.32 Å². The van der Waals surface area contributed by atoms with Gasteiger partial charge in [-0.15, -0.1) is 0 Å². The number of rotatable bonds is 4. The molecule has 5 heteroatoms. The molecule has 0 aliphatic carbocycles. The fourth-order valence-electron chi connectivity index (χ4n) is 1.08. The fraction of sp³-hybridized carbons (Fsp3) is 0.273. The van der Waals surface area contributed by atoms with E-state index in [0.717, 1.165) is 0 Å². The first-order valence-electron chi connectivity index (χ1n) is 4.71. The van der Waals surface area contributed by atoms with E-state index in [9.17, 15) is 9.59 Å². The van der Waals surface area contributed by atoms with Crippen LogP contribution in [0.15, 0.2) is 24.3 Å².